The number of imidazole rings is 1. The Kier molecular flexibility index (Phi) is 7.35. The number of aryl methyl sites for hydroxylation is 2. The number of aromatic nitrogens is 4. The molecule has 5 heteroatoms. The predicted octanol–water partition coefficient (Wildman–Crippen LogP) is 9.67. The van der Waals surface area contributed by atoms with E-state index in [0.717, 1.165) is 61.4 Å². The maximum absolute atomic E-state index is 12.5. The lowest BCUT2D eigenvalue weighted by Crippen LogP contribution is -2.19. The van der Waals surface area contributed by atoms with Gasteiger partial charge in [-0.3, -0.25) is 9.13 Å². The molecule has 0 spiro atoms. The first-order valence-electron chi connectivity index (χ1n) is 16.0. The second-order valence-electron chi connectivity index (χ2n) is 12.0. The van der Waals surface area contributed by atoms with E-state index in [1.165, 1.54) is 11.1 Å². The summed E-state index contributed by atoms with van der Waals surface area (Å²) in [5.41, 5.74) is 13.2. The van der Waals surface area contributed by atoms with Crippen molar-refractivity contribution in [3.05, 3.63) is 168 Å². The monoisotopic (exact) mass is 620 g/mol. The first-order chi connectivity index (χ1) is 23.5. The Morgan fingerprint density at radius 3 is 1.54 bits per heavy atom. The fraction of sp³-hybridized carbons (Fsp3) is 0.0465. The van der Waals surface area contributed by atoms with E-state index in [-0.39, 0.29) is 5.69 Å². The van der Waals surface area contributed by atoms with Crippen molar-refractivity contribution in [2.75, 3.05) is 0 Å². The van der Waals surface area contributed by atoms with Gasteiger partial charge in [0.2, 0.25) is 0 Å². The van der Waals surface area contributed by atoms with Gasteiger partial charge in [-0.25, -0.2) is 14.8 Å². The molecular formula is C43H32N4O. The molecule has 48 heavy (non-hydrogen) atoms. The van der Waals surface area contributed by atoms with Crippen molar-refractivity contribution < 1.29 is 0 Å². The largest absolute Gasteiger partial charge is 0.328 e. The third kappa shape index (κ3) is 5.31. The molecule has 2 aromatic heterocycles. The van der Waals surface area contributed by atoms with Gasteiger partial charge < -0.3 is 0 Å². The molecule has 0 aliphatic carbocycles. The van der Waals surface area contributed by atoms with Crippen molar-refractivity contribution in [2.24, 2.45) is 14.1 Å². The summed E-state index contributed by atoms with van der Waals surface area (Å²) in [5.74, 6) is 0.677. The summed E-state index contributed by atoms with van der Waals surface area (Å²) < 4.78 is 3.37. The first-order valence-corrected chi connectivity index (χ1v) is 16.0. The highest BCUT2D eigenvalue weighted by molar-refractivity contribution is 5.88. The van der Waals surface area contributed by atoms with E-state index in [4.69, 9.17) is 9.97 Å². The number of hydrogen-bond acceptors (Lipinski definition) is 3. The quantitative estimate of drug-likeness (QED) is 0.186. The Balaban J connectivity index is 1.24. The summed E-state index contributed by atoms with van der Waals surface area (Å²) in [6.07, 6.45) is 0. The molecule has 0 fully saturated rings. The van der Waals surface area contributed by atoms with Crippen LogP contribution in [0.4, 0.5) is 0 Å². The topological polar surface area (TPSA) is 52.7 Å². The molecule has 8 rings (SSSR count). The van der Waals surface area contributed by atoms with Gasteiger partial charge in [0.25, 0.3) is 0 Å². The maximum atomic E-state index is 12.5. The molecule has 6 aromatic carbocycles. The Labute approximate surface area is 279 Å². The zero-order valence-electron chi connectivity index (χ0n) is 26.7. The van der Waals surface area contributed by atoms with Gasteiger partial charge in [0.1, 0.15) is 0 Å². The lowest BCUT2D eigenvalue weighted by molar-refractivity contribution is 0.795. The van der Waals surface area contributed by atoms with Gasteiger partial charge in [-0.05, 0) is 57.6 Å². The van der Waals surface area contributed by atoms with E-state index in [1.807, 2.05) is 55.6 Å². The number of fused-ring (bicyclic) bond motifs is 1. The third-order valence-corrected chi connectivity index (χ3v) is 9.03. The van der Waals surface area contributed by atoms with Crippen LogP contribution >= 0.6 is 0 Å². The van der Waals surface area contributed by atoms with Gasteiger partial charge in [-0.2, -0.15) is 0 Å². The van der Waals surface area contributed by atoms with Crippen molar-refractivity contribution in [1.82, 2.24) is 19.1 Å². The summed E-state index contributed by atoms with van der Waals surface area (Å²) in [4.78, 5) is 22.7. The Bertz CT molecular complexity index is 2460. The third-order valence-electron chi connectivity index (χ3n) is 9.03. The van der Waals surface area contributed by atoms with E-state index in [9.17, 15) is 4.79 Å². The molecule has 0 radical (unpaired) electrons. The fourth-order valence-electron chi connectivity index (χ4n) is 6.41. The minimum atomic E-state index is -0.0307. The average molecular weight is 621 g/mol. The summed E-state index contributed by atoms with van der Waals surface area (Å²) in [6.45, 7) is 0. The molecule has 0 aliphatic rings. The lowest BCUT2D eigenvalue weighted by Gasteiger charge is -2.14. The average Bonchev–Trinajstić information content (AvgIpc) is 3.38. The van der Waals surface area contributed by atoms with Crippen LogP contribution in [0.25, 0.3) is 78.3 Å². The molecule has 0 unspecified atom stereocenters. The molecule has 230 valence electrons. The summed E-state index contributed by atoms with van der Waals surface area (Å²) >= 11 is 0. The van der Waals surface area contributed by atoms with Crippen LogP contribution in [-0.2, 0) is 14.1 Å². The highest BCUT2D eigenvalue weighted by Crippen LogP contribution is 2.37. The maximum Gasteiger partial charge on any atom is 0.328 e. The van der Waals surface area contributed by atoms with Gasteiger partial charge in [0, 0.05) is 30.8 Å². The van der Waals surface area contributed by atoms with Crippen molar-refractivity contribution in [3.63, 3.8) is 0 Å². The lowest BCUT2D eigenvalue weighted by atomic mass is 9.92. The SMILES string of the molecule is Cn1c(=O)n(C)c2cc(-c3ccc(-c4cc(-c5ccc(-c6ccccc6)c(-c6ccccc6)c5)nc(-c5ccccc5)n4)cc3)ccc21. The highest BCUT2D eigenvalue weighted by Gasteiger charge is 2.15. The molecule has 0 N–H and O–H groups in total. The molecule has 0 bridgehead atoms. The molecule has 0 saturated heterocycles. The molecule has 0 atom stereocenters. The van der Waals surface area contributed by atoms with Gasteiger partial charge in [0.15, 0.2) is 5.82 Å². The second-order valence-corrected chi connectivity index (χ2v) is 12.0. The zero-order valence-corrected chi connectivity index (χ0v) is 26.7. The second kappa shape index (κ2) is 12.1. The first kappa shape index (κ1) is 29.1. The molecule has 0 amide bonds. The van der Waals surface area contributed by atoms with Crippen LogP contribution in [0.3, 0.4) is 0 Å². The van der Waals surface area contributed by atoms with Gasteiger partial charge in [0.05, 0.1) is 22.4 Å². The van der Waals surface area contributed by atoms with Crippen LogP contribution in [0, 0.1) is 0 Å². The summed E-state index contributed by atoms with van der Waals surface area (Å²) in [5, 5.41) is 0. The molecule has 5 nitrogen and oxygen atoms in total. The van der Waals surface area contributed by atoms with Crippen LogP contribution in [0.5, 0.6) is 0 Å². The van der Waals surface area contributed by atoms with E-state index in [2.05, 4.69) is 109 Å². The van der Waals surface area contributed by atoms with E-state index < -0.39 is 0 Å². The molecule has 0 aliphatic heterocycles. The minimum absolute atomic E-state index is 0.0307. The van der Waals surface area contributed by atoms with Gasteiger partial charge in [-0.15, -0.1) is 0 Å². The predicted molar refractivity (Wildman–Crippen MR) is 196 cm³/mol. The Hall–Kier alpha value is -6.33. The van der Waals surface area contributed by atoms with Crippen LogP contribution in [0.1, 0.15) is 0 Å². The van der Waals surface area contributed by atoms with Crippen molar-refractivity contribution in [1.29, 1.82) is 0 Å². The van der Waals surface area contributed by atoms with Crippen molar-refractivity contribution in [2.45, 2.75) is 0 Å². The van der Waals surface area contributed by atoms with Gasteiger partial charge >= 0.3 is 5.69 Å². The molecule has 0 saturated carbocycles. The van der Waals surface area contributed by atoms with Gasteiger partial charge in [-0.1, -0.05) is 133 Å². The van der Waals surface area contributed by atoms with E-state index in [0.29, 0.717) is 5.82 Å². The van der Waals surface area contributed by atoms with E-state index >= 15 is 0 Å². The van der Waals surface area contributed by atoms with Crippen LogP contribution < -0.4 is 5.69 Å². The fourth-order valence-corrected chi connectivity index (χ4v) is 6.41. The smallest absolute Gasteiger partial charge is 0.295 e. The van der Waals surface area contributed by atoms with Crippen LogP contribution in [0.15, 0.2) is 163 Å². The summed E-state index contributed by atoms with van der Waals surface area (Å²) in [6, 6.07) is 54.4. The number of rotatable bonds is 6. The molecular weight excluding hydrogens is 589 g/mol. The highest BCUT2D eigenvalue weighted by atomic mass is 16.1. The Morgan fingerprint density at radius 2 is 0.896 bits per heavy atom. The molecule has 8 aromatic rings. The summed E-state index contributed by atoms with van der Waals surface area (Å²) in [7, 11) is 3.62. The van der Waals surface area contributed by atoms with Crippen molar-refractivity contribution >= 4 is 11.0 Å². The van der Waals surface area contributed by atoms with Crippen LogP contribution in [0.2, 0.25) is 0 Å². The number of nitrogens with zero attached hydrogens (tertiary/aromatic N) is 4. The number of benzene rings is 6. The Morgan fingerprint density at radius 1 is 0.396 bits per heavy atom. The zero-order chi connectivity index (χ0) is 32.6. The molecule has 2 heterocycles. The van der Waals surface area contributed by atoms with Crippen LogP contribution in [-0.4, -0.2) is 19.1 Å². The normalized spacial score (nSPS) is 11.2. The number of hydrogen-bond donors (Lipinski definition) is 0. The van der Waals surface area contributed by atoms with Crippen molar-refractivity contribution in [3.8, 4) is 67.3 Å². The standard InChI is InChI=1S/C43H32N4O/c1-46-40-25-23-34(27-41(40)47(2)43(46)48)29-18-20-32(21-19-29)38-28-39(45-42(44-38)33-16-10-5-11-17-33)35-22-24-36(30-12-6-3-7-13-30)37(26-35)31-14-8-4-9-15-31/h3-28H,1-2H3. The minimum Gasteiger partial charge on any atom is -0.295 e. The van der Waals surface area contributed by atoms with E-state index in [1.54, 1.807) is 16.2 Å².